The Hall–Kier alpha value is -1.70. The van der Waals surface area contributed by atoms with Crippen LogP contribution in [0.15, 0.2) is 24.5 Å². The molecule has 0 atom stereocenters. The molecule has 2 heterocycles. The first kappa shape index (κ1) is 14.2. The van der Waals surface area contributed by atoms with Crippen molar-refractivity contribution >= 4 is 51.1 Å². The molecule has 0 fully saturated rings. The van der Waals surface area contributed by atoms with Crippen LogP contribution >= 0.6 is 34.5 Å². The summed E-state index contributed by atoms with van der Waals surface area (Å²) in [5.41, 5.74) is 0.579. The number of benzene rings is 1. The number of nitrogens with one attached hydrogen (secondary N) is 1. The number of nitrogens with zero attached hydrogens (tertiary/aromatic N) is 4. The van der Waals surface area contributed by atoms with Gasteiger partial charge in [0.1, 0.15) is 11.3 Å². The van der Waals surface area contributed by atoms with Crippen LogP contribution in [0.4, 0.5) is 5.69 Å². The number of hydrogen-bond donors (Lipinski definition) is 1. The molecule has 0 saturated carbocycles. The molecule has 1 N–H and O–H groups in total. The fraction of sp³-hybridized carbons (Fsp3) is 0.167. The lowest BCUT2D eigenvalue weighted by Gasteiger charge is -2.05. The van der Waals surface area contributed by atoms with Crippen molar-refractivity contribution in [2.45, 2.75) is 12.8 Å². The van der Waals surface area contributed by atoms with Crippen molar-refractivity contribution in [2.24, 2.45) is 0 Å². The highest BCUT2D eigenvalue weighted by molar-refractivity contribution is 7.16. The van der Waals surface area contributed by atoms with Crippen molar-refractivity contribution in [2.75, 3.05) is 5.32 Å². The van der Waals surface area contributed by atoms with Gasteiger partial charge in [0.15, 0.2) is 0 Å². The topological polar surface area (TPSA) is 72.2 Å². The van der Waals surface area contributed by atoms with E-state index < -0.39 is 0 Å². The van der Waals surface area contributed by atoms with E-state index in [9.17, 15) is 4.79 Å². The molecule has 0 aliphatic heterocycles. The Morgan fingerprint density at radius 3 is 2.76 bits per heavy atom. The van der Waals surface area contributed by atoms with Gasteiger partial charge < -0.3 is 5.32 Å². The third-order valence-corrected chi connectivity index (χ3v) is 4.05. The smallest absolute Gasteiger partial charge is 0.234 e. The number of carbonyl (C=O) groups excluding carboxylic acids is 1. The van der Waals surface area contributed by atoms with E-state index in [1.807, 2.05) is 0 Å². The molecule has 0 radical (unpaired) electrons. The average molecular weight is 342 g/mol. The van der Waals surface area contributed by atoms with E-state index in [0.717, 1.165) is 5.01 Å². The van der Waals surface area contributed by atoms with Gasteiger partial charge in [-0.1, -0.05) is 34.5 Å². The van der Waals surface area contributed by atoms with Crippen LogP contribution in [-0.4, -0.2) is 25.7 Å². The predicted molar refractivity (Wildman–Crippen MR) is 82.1 cm³/mol. The maximum Gasteiger partial charge on any atom is 0.234 e. The Labute approximate surface area is 133 Å². The van der Waals surface area contributed by atoms with Crippen LogP contribution in [0.2, 0.25) is 10.0 Å². The summed E-state index contributed by atoms with van der Waals surface area (Å²) in [5, 5.41) is 16.4. The van der Waals surface area contributed by atoms with Crippen LogP contribution in [0.25, 0.3) is 4.96 Å². The standard InChI is InChI=1S/C12H9Cl2N5OS/c13-7-3-8(14)5-9(4-7)16-10(20)1-2-11-18-19-6-15-17-12(19)21-11/h3-6H,1-2H2,(H,16,20). The van der Waals surface area contributed by atoms with Gasteiger partial charge in [-0.25, -0.2) is 0 Å². The molecule has 0 unspecified atom stereocenters. The van der Waals surface area contributed by atoms with E-state index in [-0.39, 0.29) is 5.91 Å². The maximum atomic E-state index is 11.9. The van der Waals surface area contributed by atoms with E-state index in [0.29, 0.717) is 33.5 Å². The lowest BCUT2D eigenvalue weighted by Crippen LogP contribution is -2.12. The third kappa shape index (κ3) is 3.49. The molecule has 3 rings (SSSR count). The summed E-state index contributed by atoms with van der Waals surface area (Å²) in [6.07, 6.45) is 2.38. The molecule has 21 heavy (non-hydrogen) atoms. The highest BCUT2D eigenvalue weighted by atomic mass is 35.5. The molecule has 9 heteroatoms. The van der Waals surface area contributed by atoms with Crippen LogP contribution in [0.5, 0.6) is 0 Å². The summed E-state index contributed by atoms with van der Waals surface area (Å²) in [6.45, 7) is 0. The van der Waals surface area contributed by atoms with Crippen LogP contribution in [-0.2, 0) is 11.2 Å². The van der Waals surface area contributed by atoms with Gasteiger partial charge in [0.25, 0.3) is 0 Å². The summed E-state index contributed by atoms with van der Waals surface area (Å²) in [6, 6.07) is 4.90. The van der Waals surface area contributed by atoms with Crippen LogP contribution < -0.4 is 5.32 Å². The summed E-state index contributed by atoms with van der Waals surface area (Å²) in [7, 11) is 0. The SMILES string of the molecule is O=C(CCc1nn2cnnc2s1)Nc1cc(Cl)cc(Cl)c1. The molecule has 1 amide bonds. The van der Waals surface area contributed by atoms with Gasteiger partial charge in [0, 0.05) is 28.6 Å². The second-order valence-corrected chi connectivity index (χ2v) is 6.17. The number of aryl methyl sites for hydroxylation is 1. The molecule has 0 aliphatic carbocycles. The summed E-state index contributed by atoms with van der Waals surface area (Å²) in [4.78, 5) is 12.6. The lowest BCUT2D eigenvalue weighted by molar-refractivity contribution is -0.116. The van der Waals surface area contributed by atoms with Gasteiger partial charge in [0.2, 0.25) is 10.9 Å². The Morgan fingerprint density at radius 1 is 1.29 bits per heavy atom. The number of hydrogen-bond acceptors (Lipinski definition) is 5. The second-order valence-electron chi connectivity index (χ2n) is 4.26. The molecule has 0 saturated heterocycles. The number of halogens is 2. The summed E-state index contributed by atoms with van der Waals surface area (Å²) >= 11 is 13.2. The van der Waals surface area contributed by atoms with E-state index in [1.54, 1.807) is 22.7 Å². The average Bonchev–Trinajstić information content (AvgIpc) is 2.95. The van der Waals surface area contributed by atoms with Crippen molar-refractivity contribution in [1.29, 1.82) is 0 Å². The van der Waals surface area contributed by atoms with Gasteiger partial charge in [-0.2, -0.15) is 9.61 Å². The molecular weight excluding hydrogens is 333 g/mol. The molecule has 0 bridgehead atoms. The van der Waals surface area contributed by atoms with E-state index in [2.05, 4.69) is 20.6 Å². The fourth-order valence-corrected chi connectivity index (χ4v) is 3.11. The number of carbonyl (C=O) groups is 1. The highest BCUT2D eigenvalue weighted by Gasteiger charge is 2.09. The van der Waals surface area contributed by atoms with Gasteiger partial charge >= 0.3 is 0 Å². The first-order valence-corrected chi connectivity index (χ1v) is 7.59. The van der Waals surface area contributed by atoms with Crippen molar-refractivity contribution < 1.29 is 4.79 Å². The van der Waals surface area contributed by atoms with Crippen molar-refractivity contribution in [3.8, 4) is 0 Å². The molecule has 6 nitrogen and oxygen atoms in total. The summed E-state index contributed by atoms with van der Waals surface area (Å²) in [5.74, 6) is -0.126. The predicted octanol–water partition coefficient (Wildman–Crippen LogP) is 3.06. The van der Waals surface area contributed by atoms with Crippen molar-refractivity contribution in [1.82, 2.24) is 19.8 Å². The zero-order chi connectivity index (χ0) is 14.8. The largest absolute Gasteiger partial charge is 0.326 e. The highest BCUT2D eigenvalue weighted by Crippen LogP contribution is 2.22. The van der Waals surface area contributed by atoms with Crippen LogP contribution in [0.3, 0.4) is 0 Å². The quantitative estimate of drug-likeness (QED) is 0.791. The zero-order valence-electron chi connectivity index (χ0n) is 10.6. The number of rotatable bonds is 4. The lowest BCUT2D eigenvalue weighted by atomic mass is 10.2. The van der Waals surface area contributed by atoms with Crippen LogP contribution in [0.1, 0.15) is 11.4 Å². The first-order chi connectivity index (χ1) is 10.1. The maximum absolute atomic E-state index is 11.9. The number of anilines is 1. The Balaban J connectivity index is 1.60. The minimum absolute atomic E-state index is 0.126. The fourth-order valence-electron chi connectivity index (χ4n) is 1.77. The molecular formula is C12H9Cl2N5OS. The van der Waals surface area contributed by atoms with E-state index in [1.165, 1.54) is 17.7 Å². The minimum atomic E-state index is -0.126. The molecule has 2 aromatic heterocycles. The van der Waals surface area contributed by atoms with E-state index in [4.69, 9.17) is 23.2 Å². The number of amides is 1. The van der Waals surface area contributed by atoms with Gasteiger partial charge in [0.05, 0.1) is 0 Å². The minimum Gasteiger partial charge on any atom is -0.326 e. The van der Waals surface area contributed by atoms with Gasteiger partial charge in [-0.05, 0) is 18.2 Å². The van der Waals surface area contributed by atoms with Crippen molar-refractivity contribution in [3.63, 3.8) is 0 Å². The Morgan fingerprint density at radius 2 is 2.05 bits per heavy atom. The van der Waals surface area contributed by atoms with Gasteiger partial charge in [-0.15, -0.1) is 10.2 Å². The first-order valence-electron chi connectivity index (χ1n) is 6.02. The number of aromatic nitrogens is 4. The molecule has 108 valence electrons. The van der Waals surface area contributed by atoms with Crippen molar-refractivity contribution in [3.05, 3.63) is 39.6 Å². The van der Waals surface area contributed by atoms with E-state index >= 15 is 0 Å². The van der Waals surface area contributed by atoms with Gasteiger partial charge in [-0.3, -0.25) is 4.79 Å². The monoisotopic (exact) mass is 341 g/mol. The summed E-state index contributed by atoms with van der Waals surface area (Å²) < 4.78 is 1.59. The third-order valence-electron chi connectivity index (χ3n) is 2.64. The number of fused-ring (bicyclic) bond motifs is 1. The molecule has 1 aromatic carbocycles. The van der Waals surface area contributed by atoms with Crippen LogP contribution in [0, 0.1) is 0 Å². The molecule has 3 aromatic rings. The normalized spacial score (nSPS) is 11.0. The Kier molecular flexibility index (Phi) is 4.05. The Bertz CT molecular complexity index is 751. The molecule has 0 spiro atoms. The zero-order valence-corrected chi connectivity index (χ0v) is 12.9. The molecule has 0 aliphatic rings. The second kappa shape index (κ2) is 5.97.